The van der Waals surface area contributed by atoms with Crippen LogP contribution in [0.4, 0.5) is 22.7 Å². The number of para-hydroxylation sites is 2. The zero-order valence-electron chi connectivity index (χ0n) is 23.8. The Morgan fingerprint density at radius 1 is 1.00 bits per heavy atom. The first-order chi connectivity index (χ1) is 20.3. The molecule has 2 N–H and O–H groups in total. The Kier molecular flexibility index (Phi) is 8.87. The van der Waals surface area contributed by atoms with Gasteiger partial charge < -0.3 is 29.9 Å². The van der Waals surface area contributed by atoms with Gasteiger partial charge in [0.25, 0.3) is 17.5 Å². The lowest BCUT2D eigenvalue weighted by Gasteiger charge is -2.38. The van der Waals surface area contributed by atoms with E-state index >= 15 is 0 Å². The van der Waals surface area contributed by atoms with Crippen molar-refractivity contribution in [2.24, 2.45) is 0 Å². The summed E-state index contributed by atoms with van der Waals surface area (Å²) in [5, 5.41) is 17.2. The van der Waals surface area contributed by atoms with E-state index in [1.165, 1.54) is 6.07 Å². The number of ether oxygens (including phenoxy) is 2. The monoisotopic (exact) mass is 573 g/mol. The van der Waals surface area contributed by atoms with E-state index in [1.54, 1.807) is 38.3 Å². The van der Waals surface area contributed by atoms with E-state index in [-0.39, 0.29) is 23.3 Å². The van der Waals surface area contributed by atoms with E-state index < -0.39 is 10.8 Å². The van der Waals surface area contributed by atoms with Gasteiger partial charge in [0.15, 0.2) is 0 Å². The van der Waals surface area contributed by atoms with Crippen molar-refractivity contribution < 1.29 is 24.0 Å². The molecule has 5 rings (SSSR count). The fourth-order valence-corrected chi connectivity index (χ4v) is 5.41. The smallest absolute Gasteiger partial charge is 0.273 e. The summed E-state index contributed by atoms with van der Waals surface area (Å²) in [4.78, 5) is 41.8. The number of hydrogen-bond donors (Lipinski definition) is 2. The molecule has 42 heavy (non-hydrogen) atoms. The standard InChI is InChI=1S/C31H35N5O6/c1-21-9-10-22(18-28(21)36(39)40)30(37)33-23-11-12-26(25(19-23)31(38)32-20-24-6-5-17-42-24)34-13-15-35(16-14-34)27-7-3-4-8-29(27)41-2/h3-4,7-12,18-19,24H,5-6,13-17,20H2,1-2H3,(H,32,38)(H,33,37). The molecule has 0 aliphatic carbocycles. The highest BCUT2D eigenvalue weighted by atomic mass is 16.6. The van der Waals surface area contributed by atoms with E-state index in [9.17, 15) is 19.7 Å². The lowest BCUT2D eigenvalue weighted by molar-refractivity contribution is -0.385. The van der Waals surface area contributed by atoms with Gasteiger partial charge in [-0.3, -0.25) is 19.7 Å². The summed E-state index contributed by atoms with van der Waals surface area (Å²) in [6, 6.07) is 17.5. The van der Waals surface area contributed by atoms with Crippen molar-refractivity contribution in [1.82, 2.24) is 5.32 Å². The first kappa shape index (κ1) is 28.9. The number of benzene rings is 3. The number of nitrogens with one attached hydrogen (secondary N) is 2. The van der Waals surface area contributed by atoms with Gasteiger partial charge >= 0.3 is 0 Å². The van der Waals surface area contributed by atoms with Gasteiger partial charge in [0.05, 0.1) is 29.4 Å². The number of carbonyl (C=O) groups excluding carboxylic acids is 2. The Morgan fingerprint density at radius 3 is 2.43 bits per heavy atom. The predicted molar refractivity (Wildman–Crippen MR) is 161 cm³/mol. The predicted octanol–water partition coefficient (Wildman–Crippen LogP) is 4.40. The minimum absolute atomic E-state index is 0.0120. The molecule has 2 aliphatic heterocycles. The Hall–Kier alpha value is -4.64. The molecular weight excluding hydrogens is 538 g/mol. The van der Waals surface area contributed by atoms with Gasteiger partial charge in [-0.05, 0) is 56.2 Å². The van der Waals surface area contributed by atoms with Crippen molar-refractivity contribution >= 4 is 34.6 Å². The molecule has 0 radical (unpaired) electrons. The second-order valence-corrected chi connectivity index (χ2v) is 10.4. The molecule has 0 spiro atoms. The molecule has 3 aromatic carbocycles. The normalized spacial score (nSPS) is 16.7. The molecule has 3 aromatic rings. The molecule has 220 valence electrons. The summed E-state index contributed by atoms with van der Waals surface area (Å²) in [5.41, 5.74) is 3.16. The van der Waals surface area contributed by atoms with Gasteiger partial charge in [0.2, 0.25) is 0 Å². The number of anilines is 3. The molecule has 1 unspecified atom stereocenters. The Balaban J connectivity index is 1.36. The largest absolute Gasteiger partial charge is 0.495 e. The van der Waals surface area contributed by atoms with E-state index in [1.807, 2.05) is 30.3 Å². The van der Waals surface area contributed by atoms with Crippen molar-refractivity contribution in [2.45, 2.75) is 25.9 Å². The number of piperazine rings is 1. The van der Waals surface area contributed by atoms with Crippen LogP contribution in [0.15, 0.2) is 60.7 Å². The Morgan fingerprint density at radius 2 is 1.74 bits per heavy atom. The van der Waals surface area contributed by atoms with Gasteiger partial charge in [0, 0.05) is 67.9 Å². The molecule has 2 heterocycles. The third-order valence-corrected chi connectivity index (χ3v) is 7.73. The van der Waals surface area contributed by atoms with Crippen LogP contribution in [0, 0.1) is 17.0 Å². The van der Waals surface area contributed by atoms with Crippen molar-refractivity contribution in [3.8, 4) is 5.75 Å². The maximum absolute atomic E-state index is 13.5. The number of aryl methyl sites for hydroxylation is 1. The number of rotatable bonds is 9. The van der Waals surface area contributed by atoms with Crippen LogP contribution >= 0.6 is 0 Å². The minimum atomic E-state index is -0.509. The summed E-state index contributed by atoms with van der Waals surface area (Å²) in [6.45, 7) is 5.57. The number of methoxy groups -OCH3 is 1. The highest BCUT2D eigenvalue weighted by molar-refractivity contribution is 6.06. The summed E-state index contributed by atoms with van der Waals surface area (Å²) in [7, 11) is 1.66. The van der Waals surface area contributed by atoms with Crippen LogP contribution in [0.5, 0.6) is 5.75 Å². The van der Waals surface area contributed by atoms with Crippen molar-refractivity contribution in [3.05, 3.63) is 87.5 Å². The summed E-state index contributed by atoms with van der Waals surface area (Å²) >= 11 is 0. The zero-order chi connectivity index (χ0) is 29.6. The summed E-state index contributed by atoms with van der Waals surface area (Å²) in [5.74, 6) is 0.0656. The lowest BCUT2D eigenvalue weighted by Crippen LogP contribution is -2.47. The summed E-state index contributed by atoms with van der Waals surface area (Å²) in [6.07, 6.45) is 1.86. The number of hydrogen-bond acceptors (Lipinski definition) is 8. The van der Waals surface area contributed by atoms with Gasteiger partial charge in [-0.1, -0.05) is 18.2 Å². The van der Waals surface area contributed by atoms with Gasteiger partial charge in [-0.15, -0.1) is 0 Å². The van der Waals surface area contributed by atoms with Crippen LogP contribution in [-0.4, -0.2) is 69.3 Å². The molecule has 1 atom stereocenters. The maximum atomic E-state index is 13.5. The molecule has 0 aromatic heterocycles. The quantitative estimate of drug-likeness (QED) is 0.285. The van der Waals surface area contributed by atoms with Crippen molar-refractivity contribution in [2.75, 3.05) is 61.6 Å². The number of nitrogens with zero attached hydrogens (tertiary/aromatic N) is 3. The molecule has 2 fully saturated rings. The highest BCUT2D eigenvalue weighted by Gasteiger charge is 2.25. The molecule has 2 aliphatic rings. The number of nitro groups is 1. The average Bonchev–Trinajstić information content (AvgIpc) is 3.54. The second kappa shape index (κ2) is 12.9. The number of amides is 2. The van der Waals surface area contributed by atoms with Crippen LogP contribution in [0.1, 0.15) is 39.1 Å². The number of nitro benzene ring substituents is 1. The van der Waals surface area contributed by atoms with E-state index in [4.69, 9.17) is 9.47 Å². The van der Waals surface area contributed by atoms with E-state index in [0.29, 0.717) is 43.1 Å². The third-order valence-electron chi connectivity index (χ3n) is 7.73. The first-order valence-electron chi connectivity index (χ1n) is 14.1. The van der Waals surface area contributed by atoms with Gasteiger partial charge in [-0.2, -0.15) is 0 Å². The molecule has 11 heteroatoms. The fourth-order valence-electron chi connectivity index (χ4n) is 5.41. The van der Waals surface area contributed by atoms with Crippen molar-refractivity contribution in [3.63, 3.8) is 0 Å². The van der Waals surface area contributed by atoms with Crippen LogP contribution in [0.3, 0.4) is 0 Å². The topological polar surface area (TPSA) is 126 Å². The van der Waals surface area contributed by atoms with Gasteiger partial charge in [0.1, 0.15) is 5.75 Å². The van der Waals surface area contributed by atoms with Crippen LogP contribution in [-0.2, 0) is 4.74 Å². The molecule has 0 saturated carbocycles. The number of carbonyl (C=O) groups is 2. The Labute approximate surface area is 244 Å². The Bertz CT molecular complexity index is 1460. The van der Waals surface area contributed by atoms with Crippen LogP contribution < -0.4 is 25.2 Å². The molecule has 2 saturated heterocycles. The van der Waals surface area contributed by atoms with E-state index in [0.717, 1.165) is 43.1 Å². The van der Waals surface area contributed by atoms with Crippen LogP contribution in [0.25, 0.3) is 0 Å². The lowest BCUT2D eigenvalue weighted by atomic mass is 10.1. The SMILES string of the molecule is COc1ccccc1N1CCN(c2ccc(NC(=O)c3ccc(C)c([N+](=O)[O-])c3)cc2C(=O)NCC2CCCO2)CC1. The van der Waals surface area contributed by atoms with E-state index in [2.05, 4.69) is 20.4 Å². The second-order valence-electron chi connectivity index (χ2n) is 10.4. The molecular formula is C31H35N5O6. The third kappa shape index (κ3) is 6.46. The first-order valence-corrected chi connectivity index (χ1v) is 14.1. The fraction of sp³-hybridized carbons (Fsp3) is 0.355. The molecule has 11 nitrogen and oxygen atoms in total. The summed E-state index contributed by atoms with van der Waals surface area (Å²) < 4.78 is 11.2. The van der Waals surface area contributed by atoms with Gasteiger partial charge in [-0.25, -0.2) is 0 Å². The van der Waals surface area contributed by atoms with Crippen LogP contribution in [0.2, 0.25) is 0 Å². The highest BCUT2D eigenvalue weighted by Crippen LogP contribution is 2.31. The zero-order valence-corrected chi connectivity index (χ0v) is 23.8. The average molecular weight is 574 g/mol. The molecule has 2 amide bonds. The molecule has 0 bridgehead atoms. The minimum Gasteiger partial charge on any atom is -0.495 e. The van der Waals surface area contributed by atoms with Crippen molar-refractivity contribution in [1.29, 1.82) is 0 Å². The maximum Gasteiger partial charge on any atom is 0.273 e.